The number of halogens is 1. The maximum absolute atomic E-state index is 4.59. The molecule has 0 saturated carbocycles. The number of hydrogen-bond acceptors (Lipinski definition) is 4. The van der Waals surface area contributed by atoms with Crippen LogP contribution in [0.15, 0.2) is 22.8 Å². The fourth-order valence-electron chi connectivity index (χ4n) is 2.04. The van der Waals surface area contributed by atoms with Crippen LogP contribution in [-0.2, 0) is 0 Å². The summed E-state index contributed by atoms with van der Waals surface area (Å²) in [6.07, 6.45) is 1.92. The fourth-order valence-corrected chi connectivity index (χ4v) is 2.46. The minimum absolute atomic E-state index is 0.524. The van der Waals surface area contributed by atoms with Crippen molar-refractivity contribution in [3.8, 4) is 0 Å². The molecular weight excluding hydrogens is 282 g/mol. The van der Waals surface area contributed by atoms with Crippen LogP contribution in [0.25, 0.3) is 5.65 Å². The molecule has 17 heavy (non-hydrogen) atoms. The number of pyridine rings is 1. The van der Waals surface area contributed by atoms with Gasteiger partial charge in [0.2, 0.25) is 5.95 Å². The molecule has 1 fully saturated rings. The van der Waals surface area contributed by atoms with Crippen LogP contribution in [0, 0.1) is 0 Å². The Balaban J connectivity index is 2.01. The van der Waals surface area contributed by atoms with Gasteiger partial charge in [0, 0.05) is 25.8 Å². The molecule has 1 aliphatic heterocycles. The summed E-state index contributed by atoms with van der Waals surface area (Å²) in [6, 6.07) is 4.46. The van der Waals surface area contributed by atoms with Crippen molar-refractivity contribution in [3.63, 3.8) is 0 Å². The zero-order valence-corrected chi connectivity index (χ0v) is 11.2. The van der Waals surface area contributed by atoms with Crippen molar-refractivity contribution in [2.45, 2.75) is 13.0 Å². The second-order valence-electron chi connectivity index (χ2n) is 4.13. The van der Waals surface area contributed by atoms with Gasteiger partial charge in [-0.25, -0.2) is 4.52 Å². The second kappa shape index (κ2) is 4.27. The van der Waals surface area contributed by atoms with E-state index in [2.05, 4.69) is 43.2 Å². The largest absolute Gasteiger partial charge is 0.334 e. The van der Waals surface area contributed by atoms with Crippen LogP contribution in [0.4, 0.5) is 5.95 Å². The van der Waals surface area contributed by atoms with Crippen molar-refractivity contribution in [1.29, 1.82) is 0 Å². The van der Waals surface area contributed by atoms with Gasteiger partial charge >= 0.3 is 0 Å². The van der Waals surface area contributed by atoms with E-state index in [-0.39, 0.29) is 0 Å². The number of fused-ring (bicyclic) bond motifs is 1. The number of nitrogens with one attached hydrogen (secondary N) is 1. The predicted octanol–water partition coefficient (Wildman–Crippen LogP) is 1.29. The van der Waals surface area contributed by atoms with Crippen LogP contribution in [0.3, 0.4) is 0 Å². The summed E-state index contributed by atoms with van der Waals surface area (Å²) in [4.78, 5) is 6.84. The highest BCUT2D eigenvalue weighted by atomic mass is 79.9. The third-order valence-electron chi connectivity index (χ3n) is 3.10. The molecule has 0 bridgehead atoms. The minimum atomic E-state index is 0.524. The Bertz CT molecular complexity index is 534. The van der Waals surface area contributed by atoms with E-state index in [4.69, 9.17) is 0 Å². The lowest BCUT2D eigenvalue weighted by Crippen LogP contribution is -2.57. The molecule has 6 heteroatoms. The molecule has 1 aliphatic rings. The highest BCUT2D eigenvalue weighted by Crippen LogP contribution is 2.20. The lowest BCUT2D eigenvalue weighted by Gasteiger charge is -2.36. The summed E-state index contributed by atoms with van der Waals surface area (Å²) in [5.41, 5.74) is 0.869. The Labute approximate surface area is 108 Å². The van der Waals surface area contributed by atoms with E-state index in [9.17, 15) is 0 Å². The van der Waals surface area contributed by atoms with E-state index in [0.29, 0.717) is 6.04 Å². The molecule has 0 aliphatic carbocycles. The smallest absolute Gasteiger partial charge is 0.246 e. The van der Waals surface area contributed by atoms with Gasteiger partial charge in [0.05, 0.1) is 10.5 Å². The summed E-state index contributed by atoms with van der Waals surface area (Å²) in [5.74, 6) is 0.811. The van der Waals surface area contributed by atoms with Gasteiger partial charge in [0.15, 0.2) is 5.65 Å². The highest BCUT2D eigenvalue weighted by Gasteiger charge is 2.26. The monoisotopic (exact) mass is 295 g/mol. The normalized spacial score (nSPS) is 16.1. The number of nitrogens with zero attached hydrogens (tertiary/aromatic N) is 4. The van der Waals surface area contributed by atoms with Crippen LogP contribution in [-0.4, -0.2) is 40.3 Å². The van der Waals surface area contributed by atoms with Gasteiger partial charge in [-0.2, -0.15) is 4.98 Å². The Morgan fingerprint density at radius 3 is 3.00 bits per heavy atom. The summed E-state index contributed by atoms with van der Waals surface area (Å²) in [7, 11) is 0. The Hall–Kier alpha value is -1.14. The van der Waals surface area contributed by atoms with Crippen molar-refractivity contribution in [1.82, 2.24) is 19.9 Å². The van der Waals surface area contributed by atoms with Gasteiger partial charge in [0.25, 0.3) is 0 Å². The van der Waals surface area contributed by atoms with Crippen molar-refractivity contribution in [2.24, 2.45) is 0 Å². The molecule has 1 N–H and O–H groups in total. The van der Waals surface area contributed by atoms with Crippen LogP contribution in [0.5, 0.6) is 0 Å². The van der Waals surface area contributed by atoms with Gasteiger partial charge in [-0.05, 0) is 35.0 Å². The molecular formula is C11H14BrN5. The summed E-state index contributed by atoms with van der Waals surface area (Å²) in [6.45, 7) is 5.11. The molecule has 90 valence electrons. The van der Waals surface area contributed by atoms with Crippen LogP contribution >= 0.6 is 15.9 Å². The molecule has 2 aromatic heterocycles. The highest BCUT2D eigenvalue weighted by molar-refractivity contribution is 9.10. The van der Waals surface area contributed by atoms with Crippen molar-refractivity contribution in [2.75, 3.05) is 24.5 Å². The molecule has 0 aromatic carbocycles. The van der Waals surface area contributed by atoms with Gasteiger partial charge in [0.1, 0.15) is 0 Å². The first-order chi connectivity index (χ1) is 8.29. The molecule has 1 saturated heterocycles. The molecule has 0 spiro atoms. The molecule has 5 nitrogen and oxygen atoms in total. The number of aromatic nitrogens is 3. The average Bonchev–Trinajstić information content (AvgIpc) is 2.68. The van der Waals surface area contributed by atoms with Crippen molar-refractivity contribution < 1.29 is 0 Å². The average molecular weight is 296 g/mol. The summed E-state index contributed by atoms with van der Waals surface area (Å²) < 4.78 is 2.79. The molecule has 3 heterocycles. The van der Waals surface area contributed by atoms with Crippen LogP contribution in [0.1, 0.15) is 6.92 Å². The SMILES string of the molecule is CCN(c1nc2c(Br)cccn2n1)C1CNC1. The molecule has 3 rings (SSSR count). The third kappa shape index (κ3) is 1.81. The standard InChI is InChI=1S/C11H14BrN5/c1-2-16(8-6-13-7-8)11-14-10-9(12)4-3-5-17(10)15-11/h3-5,8,13H,2,6-7H2,1H3. The molecule has 0 atom stereocenters. The number of likely N-dealkylation sites (N-methyl/N-ethyl adjacent to an activating group) is 1. The van der Waals surface area contributed by atoms with Gasteiger partial charge in [-0.3, -0.25) is 0 Å². The molecule has 0 radical (unpaired) electrons. The van der Waals surface area contributed by atoms with E-state index in [1.165, 1.54) is 0 Å². The first-order valence-corrected chi connectivity index (χ1v) is 6.57. The lowest BCUT2D eigenvalue weighted by molar-refractivity contribution is 0.413. The van der Waals surface area contributed by atoms with Crippen molar-refractivity contribution in [3.05, 3.63) is 22.8 Å². The second-order valence-corrected chi connectivity index (χ2v) is 4.99. The molecule has 0 amide bonds. The number of anilines is 1. The number of rotatable bonds is 3. The van der Waals surface area contributed by atoms with Crippen molar-refractivity contribution >= 4 is 27.5 Å². The Kier molecular flexibility index (Phi) is 2.76. The fraction of sp³-hybridized carbons (Fsp3) is 0.455. The number of hydrogen-bond donors (Lipinski definition) is 1. The minimum Gasteiger partial charge on any atom is -0.334 e. The Morgan fingerprint density at radius 2 is 2.41 bits per heavy atom. The van der Waals surface area contributed by atoms with Crippen LogP contribution in [0.2, 0.25) is 0 Å². The first-order valence-electron chi connectivity index (χ1n) is 5.78. The third-order valence-corrected chi connectivity index (χ3v) is 3.72. The van der Waals surface area contributed by atoms with E-state index in [0.717, 1.165) is 35.7 Å². The lowest BCUT2D eigenvalue weighted by atomic mass is 10.1. The van der Waals surface area contributed by atoms with Gasteiger partial charge < -0.3 is 10.2 Å². The topological polar surface area (TPSA) is 45.5 Å². The van der Waals surface area contributed by atoms with Gasteiger partial charge in [-0.1, -0.05) is 0 Å². The Morgan fingerprint density at radius 1 is 1.59 bits per heavy atom. The predicted molar refractivity (Wildman–Crippen MR) is 70.4 cm³/mol. The zero-order chi connectivity index (χ0) is 11.8. The first kappa shape index (κ1) is 11.0. The van der Waals surface area contributed by atoms with E-state index in [1.807, 2.05) is 22.8 Å². The van der Waals surface area contributed by atoms with E-state index >= 15 is 0 Å². The zero-order valence-electron chi connectivity index (χ0n) is 9.60. The maximum Gasteiger partial charge on any atom is 0.246 e. The summed E-state index contributed by atoms with van der Waals surface area (Å²) >= 11 is 3.50. The van der Waals surface area contributed by atoms with Gasteiger partial charge in [-0.15, -0.1) is 5.10 Å². The van der Waals surface area contributed by atoms with E-state index in [1.54, 1.807) is 0 Å². The molecule has 0 unspecified atom stereocenters. The quantitative estimate of drug-likeness (QED) is 0.927. The summed E-state index contributed by atoms with van der Waals surface area (Å²) in [5, 5.41) is 7.80. The van der Waals surface area contributed by atoms with E-state index < -0.39 is 0 Å². The maximum atomic E-state index is 4.59. The molecule has 2 aromatic rings. The van der Waals surface area contributed by atoms with Crippen LogP contribution < -0.4 is 10.2 Å².